The molecule has 1 aromatic carbocycles. The van der Waals surface area contributed by atoms with Crippen LogP contribution in [-0.4, -0.2) is 92.1 Å². The number of aromatic nitrogens is 1. The number of sulfonamides is 1. The summed E-state index contributed by atoms with van der Waals surface area (Å²) in [5.41, 5.74) is 0.845. The first-order chi connectivity index (χ1) is 18.1. The van der Waals surface area contributed by atoms with E-state index in [1.165, 1.54) is 4.90 Å². The Balaban J connectivity index is 1.54. The number of pyridine rings is 1. The van der Waals surface area contributed by atoms with E-state index in [1.54, 1.807) is 18.3 Å². The van der Waals surface area contributed by atoms with Gasteiger partial charge in [-0.1, -0.05) is 36.4 Å². The molecule has 0 radical (unpaired) electrons. The van der Waals surface area contributed by atoms with Gasteiger partial charge in [0.15, 0.2) is 0 Å². The molecule has 14 heteroatoms. The lowest BCUT2D eigenvalue weighted by Crippen LogP contribution is -2.48. The summed E-state index contributed by atoms with van der Waals surface area (Å²) in [5.74, 6) is -1.41. The van der Waals surface area contributed by atoms with Crippen molar-refractivity contribution in [1.82, 2.24) is 19.9 Å². The molecule has 0 bridgehead atoms. The molecule has 3 atom stereocenters. The van der Waals surface area contributed by atoms with Crippen LogP contribution >= 0.6 is 0 Å². The number of carbonyl (C=O) groups excluding carboxylic acids is 2. The minimum atomic E-state index is -3.78. The van der Waals surface area contributed by atoms with Gasteiger partial charge in [-0.3, -0.25) is 9.59 Å². The van der Waals surface area contributed by atoms with E-state index in [4.69, 9.17) is 14.6 Å². The second-order valence-electron chi connectivity index (χ2n) is 8.70. The number of benzene rings is 1. The number of nitrogens with one attached hydrogen (secondary N) is 3. The highest BCUT2D eigenvalue weighted by Crippen LogP contribution is 2.22. The molecule has 0 saturated carbocycles. The van der Waals surface area contributed by atoms with Crippen molar-refractivity contribution in [3.05, 3.63) is 60.3 Å². The van der Waals surface area contributed by atoms with Crippen LogP contribution in [0.2, 0.25) is 0 Å². The summed E-state index contributed by atoms with van der Waals surface area (Å²) in [6.45, 7) is -0.187. The Bertz CT molecular complexity index is 1180. The maximum Gasteiger partial charge on any atom is 0.410 e. The third-order valence-electron chi connectivity index (χ3n) is 5.61. The zero-order valence-corrected chi connectivity index (χ0v) is 21.6. The number of nitrogens with zero attached hydrogens (tertiary/aromatic N) is 2. The molecule has 13 nitrogen and oxygen atoms in total. The maximum absolute atomic E-state index is 12.9. The predicted octanol–water partition coefficient (Wildman–Crippen LogP) is 0.408. The summed E-state index contributed by atoms with van der Waals surface area (Å²) in [6, 6.07) is 12.9. The fraction of sp³-hybridized carbons (Fsp3) is 0.417. The van der Waals surface area contributed by atoms with Crippen LogP contribution in [0, 0.1) is 0 Å². The monoisotopic (exact) mass is 549 g/mol. The van der Waals surface area contributed by atoms with Gasteiger partial charge >= 0.3 is 12.1 Å². The Kier molecular flexibility index (Phi) is 10.4. The Labute approximate surface area is 220 Å². The molecule has 38 heavy (non-hydrogen) atoms. The van der Waals surface area contributed by atoms with Crippen molar-refractivity contribution in [3.63, 3.8) is 0 Å². The first-order valence-electron chi connectivity index (χ1n) is 11.8. The van der Waals surface area contributed by atoms with Crippen LogP contribution in [0.25, 0.3) is 0 Å². The molecular formula is C24H31N5O8S. The number of amides is 2. The molecule has 1 saturated heterocycles. The van der Waals surface area contributed by atoms with Gasteiger partial charge in [0.2, 0.25) is 15.9 Å². The largest absolute Gasteiger partial charge is 0.480 e. The molecule has 0 aliphatic carbocycles. The highest BCUT2D eigenvalue weighted by molar-refractivity contribution is 7.88. The first-order valence-corrected chi connectivity index (χ1v) is 13.7. The molecular weight excluding hydrogens is 518 g/mol. The zero-order valence-electron chi connectivity index (χ0n) is 20.8. The van der Waals surface area contributed by atoms with Crippen molar-refractivity contribution in [2.45, 2.75) is 31.2 Å². The van der Waals surface area contributed by atoms with Gasteiger partial charge in [-0.25, -0.2) is 18.2 Å². The predicted molar refractivity (Wildman–Crippen MR) is 137 cm³/mol. The fourth-order valence-corrected chi connectivity index (χ4v) is 4.50. The number of aliphatic carboxylic acids is 1. The molecule has 3 rings (SSSR count). The molecule has 1 fully saturated rings. The smallest absolute Gasteiger partial charge is 0.410 e. The maximum atomic E-state index is 12.9. The van der Waals surface area contributed by atoms with Crippen molar-refractivity contribution < 1.29 is 37.4 Å². The lowest BCUT2D eigenvalue weighted by Gasteiger charge is -2.24. The molecule has 2 aromatic rings. The van der Waals surface area contributed by atoms with E-state index in [2.05, 4.69) is 15.6 Å². The van der Waals surface area contributed by atoms with Crippen LogP contribution in [0.5, 0.6) is 0 Å². The summed E-state index contributed by atoms with van der Waals surface area (Å²) in [4.78, 5) is 42.1. The minimum absolute atomic E-state index is 0.108. The third-order valence-corrected chi connectivity index (χ3v) is 6.32. The summed E-state index contributed by atoms with van der Waals surface area (Å²) < 4.78 is 35.7. The van der Waals surface area contributed by atoms with Crippen molar-refractivity contribution in [2.24, 2.45) is 0 Å². The number of anilines is 1. The van der Waals surface area contributed by atoms with Crippen LogP contribution in [0.1, 0.15) is 12.0 Å². The highest BCUT2D eigenvalue weighted by Gasteiger charge is 2.37. The summed E-state index contributed by atoms with van der Waals surface area (Å²) in [6.07, 6.45) is 1.89. The van der Waals surface area contributed by atoms with Crippen molar-refractivity contribution in [1.29, 1.82) is 0 Å². The lowest BCUT2D eigenvalue weighted by molar-refractivity contribution is -0.139. The minimum Gasteiger partial charge on any atom is -0.480 e. The normalized spacial score (nSPS) is 18.0. The van der Waals surface area contributed by atoms with Gasteiger partial charge in [0.25, 0.3) is 0 Å². The van der Waals surface area contributed by atoms with Crippen LogP contribution in [0.4, 0.5) is 10.6 Å². The average molecular weight is 550 g/mol. The molecule has 1 aromatic heterocycles. The van der Waals surface area contributed by atoms with E-state index >= 15 is 0 Å². The number of carboxylic acid groups (broad SMARTS) is 1. The Morgan fingerprint density at radius 3 is 2.55 bits per heavy atom. The molecule has 1 aliphatic heterocycles. The van der Waals surface area contributed by atoms with E-state index in [9.17, 15) is 22.8 Å². The van der Waals surface area contributed by atoms with Gasteiger partial charge in [0.1, 0.15) is 25.1 Å². The number of rotatable bonds is 13. The molecule has 2 amide bonds. The molecule has 0 spiro atoms. The number of carboxylic acids is 1. The second-order valence-corrected chi connectivity index (χ2v) is 10.5. The van der Waals surface area contributed by atoms with Gasteiger partial charge < -0.3 is 30.1 Å². The SMILES string of the molecule is CS(=O)(=O)NC(CNC(=O)COC1C[C@@H](CNc2ccccn2)N(C(=O)OCc2ccccc2)C1)C(=O)O. The van der Waals surface area contributed by atoms with Crippen molar-refractivity contribution >= 4 is 33.8 Å². The van der Waals surface area contributed by atoms with Gasteiger partial charge in [0, 0.05) is 19.3 Å². The standard InChI is InChI=1S/C24H31N5O8S/c1-38(34,35)28-20(23(31)32)13-27-22(30)16-36-19-11-18(12-26-21-9-5-6-10-25-21)29(14-19)24(33)37-15-17-7-3-2-4-8-17/h2-10,18-20,28H,11-16H2,1H3,(H,25,26)(H,27,30)(H,31,32)/t18-,19?,20?/m0/s1. The molecule has 1 aliphatic rings. The molecule has 4 N–H and O–H groups in total. The van der Waals surface area contributed by atoms with Crippen molar-refractivity contribution in [3.8, 4) is 0 Å². The van der Waals surface area contributed by atoms with Crippen LogP contribution in [0.3, 0.4) is 0 Å². The van der Waals surface area contributed by atoms with Gasteiger partial charge in [-0.15, -0.1) is 0 Å². The molecule has 2 heterocycles. The number of carbonyl (C=O) groups is 3. The first kappa shape index (κ1) is 28.8. The Morgan fingerprint density at radius 1 is 1.16 bits per heavy atom. The third kappa shape index (κ3) is 9.61. The number of hydrogen-bond donors (Lipinski definition) is 4. The quantitative estimate of drug-likeness (QED) is 0.274. The van der Waals surface area contributed by atoms with Crippen molar-refractivity contribution in [2.75, 3.05) is 37.8 Å². The Hall–Kier alpha value is -3.75. The van der Waals surface area contributed by atoms with E-state index in [1.807, 2.05) is 41.1 Å². The van der Waals surface area contributed by atoms with E-state index in [0.717, 1.165) is 11.8 Å². The van der Waals surface area contributed by atoms with Crippen LogP contribution in [-0.2, 0) is 35.7 Å². The average Bonchev–Trinajstić information content (AvgIpc) is 3.31. The molecule has 206 valence electrons. The second kappa shape index (κ2) is 13.7. The summed E-state index contributed by atoms with van der Waals surface area (Å²) >= 11 is 0. The van der Waals surface area contributed by atoms with Gasteiger partial charge in [-0.2, -0.15) is 4.72 Å². The van der Waals surface area contributed by atoms with Gasteiger partial charge in [-0.05, 0) is 24.1 Å². The summed E-state index contributed by atoms with van der Waals surface area (Å²) in [7, 11) is -3.78. The fourth-order valence-electron chi connectivity index (χ4n) is 3.80. The van der Waals surface area contributed by atoms with Crippen LogP contribution in [0.15, 0.2) is 54.7 Å². The number of hydrogen-bond acceptors (Lipinski definition) is 9. The topological polar surface area (TPSA) is 176 Å². The van der Waals surface area contributed by atoms with Crippen LogP contribution < -0.4 is 15.4 Å². The number of likely N-dealkylation sites (tertiary alicyclic amines) is 1. The van der Waals surface area contributed by atoms with E-state index < -0.39 is 53.3 Å². The van der Waals surface area contributed by atoms with E-state index in [0.29, 0.717) is 18.8 Å². The molecule has 2 unspecified atom stereocenters. The number of ether oxygens (including phenoxy) is 2. The Morgan fingerprint density at radius 2 is 1.89 bits per heavy atom. The highest BCUT2D eigenvalue weighted by atomic mass is 32.2. The van der Waals surface area contributed by atoms with E-state index in [-0.39, 0.29) is 19.2 Å². The lowest BCUT2D eigenvalue weighted by atomic mass is 10.2. The van der Waals surface area contributed by atoms with Gasteiger partial charge in [0.05, 0.1) is 24.9 Å². The summed E-state index contributed by atoms with van der Waals surface area (Å²) in [5, 5.41) is 14.7. The zero-order chi connectivity index (χ0) is 27.5.